The van der Waals surface area contributed by atoms with Crippen molar-refractivity contribution in [3.05, 3.63) is 66.2 Å². The highest BCUT2D eigenvalue weighted by atomic mass is 16.5. The van der Waals surface area contributed by atoms with Gasteiger partial charge in [0, 0.05) is 44.2 Å². The molecule has 39 heavy (non-hydrogen) atoms. The maximum absolute atomic E-state index is 13.3. The van der Waals surface area contributed by atoms with Crippen LogP contribution in [-0.4, -0.2) is 78.8 Å². The second kappa shape index (κ2) is 13.1. The number of hydrogen-bond donors (Lipinski definition) is 0. The largest absolute Gasteiger partial charge is 0.497 e. The minimum absolute atomic E-state index is 0.0278. The zero-order valence-corrected chi connectivity index (χ0v) is 23.2. The third kappa shape index (κ3) is 6.66. The minimum Gasteiger partial charge on any atom is -0.497 e. The lowest BCUT2D eigenvalue weighted by Gasteiger charge is -2.31. The molecule has 0 saturated carbocycles. The minimum atomic E-state index is -0.177. The quantitative estimate of drug-likeness (QED) is 0.409. The summed E-state index contributed by atoms with van der Waals surface area (Å²) in [5.41, 5.74) is 2.56. The van der Waals surface area contributed by atoms with E-state index >= 15 is 0 Å². The van der Waals surface area contributed by atoms with Gasteiger partial charge in [-0.1, -0.05) is 37.3 Å². The van der Waals surface area contributed by atoms with Gasteiger partial charge >= 0.3 is 0 Å². The molecular formula is C30H37N5O4. The van der Waals surface area contributed by atoms with E-state index in [1.54, 1.807) is 19.1 Å². The van der Waals surface area contributed by atoms with Crippen LogP contribution in [0.1, 0.15) is 38.3 Å². The van der Waals surface area contributed by atoms with E-state index < -0.39 is 0 Å². The lowest BCUT2D eigenvalue weighted by atomic mass is 10.1. The molecule has 0 N–H and O–H groups in total. The molecule has 0 radical (unpaired) electrons. The van der Waals surface area contributed by atoms with Crippen LogP contribution in [0.4, 0.5) is 5.82 Å². The average molecular weight is 532 g/mol. The van der Waals surface area contributed by atoms with Crippen molar-refractivity contribution in [2.24, 2.45) is 0 Å². The lowest BCUT2D eigenvalue weighted by Crippen LogP contribution is -2.45. The summed E-state index contributed by atoms with van der Waals surface area (Å²) < 4.78 is 10.8. The van der Waals surface area contributed by atoms with Gasteiger partial charge in [0.15, 0.2) is 5.82 Å². The maximum atomic E-state index is 13.3. The fourth-order valence-corrected chi connectivity index (χ4v) is 4.85. The van der Waals surface area contributed by atoms with E-state index in [9.17, 15) is 9.59 Å². The fraction of sp³-hybridized carbons (Fsp3) is 0.400. The number of carbonyl (C=O) groups is 2. The first kappa shape index (κ1) is 27.9. The lowest BCUT2D eigenvalue weighted by molar-refractivity contribution is -0.142. The van der Waals surface area contributed by atoms with Crippen molar-refractivity contribution in [1.82, 2.24) is 20.0 Å². The van der Waals surface area contributed by atoms with Gasteiger partial charge in [0.2, 0.25) is 11.8 Å². The topological polar surface area (TPSA) is 88.1 Å². The van der Waals surface area contributed by atoms with E-state index in [4.69, 9.17) is 9.47 Å². The molecule has 1 aromatic heterocycles. The Morgan fingerprint density at radius 3 is 2.41 bits per heavy atom. The summed E-state index contributed by atoms with van der Waals surface area (Å²) in [6.45, 7) is 6.48. The van der Waals surface area contributed by atoms with E-state index in [-0.39, 0.29) is 24.4 Å². The smallest absolute Gasteiger partial charge is 0.242 e. The monoisotopic (exact) mass is 531 g/mol. The zero-order valence-electron chi connectivity index (χ0n) is 23.2. The van der Waals surface area contributed by atoms with Crippen molar-refractivity contribution < 1.29 is 19.1 Å². The Bertz CT molecular complexity index is 1250. The molecule has 1 atom stereocenters. The Kier molecular flexibility index (Phi) is 9.35. The molecule has 1 unspecified atom stereocenters. The van der Waals surface area contributed by atoms with Gasteiger partial charge in [0.05, 0.1) is 26.0 Å². The van der Waals surface area contributed by atoms with Crippen LogP contribution in [0.5, 0.6) is 11.5 Å². The van der Waals surface area contributed by atoms with E-state index in [2.05, 4.69) is 15.1 Å². The maximum Gasteiger partial charge on any atom is 0.242 e. The molecule has 206 valence electrons. The summed E-state index contributed by atoms with van der Waals surface area (Å²) in [6, 6.07) is 19.1. The molecule has 3 aromatic rings. The molecule has 0 bridgehead atoms. The van der Waals surface area contributed by atoms with E-state index in [0.29, 0.717) is 43.2 Å². The third-order valence-electron chi connectivity index (χ3n) is 7.19. The normalized spacial score (nSPS) is 14.4. The molecule has 2 amide bonds. The molecule has 2 heterocycles. The number of aromatic nitrogens is 2. The molecule has 4 rings (SSSR count). The number of nitrogens with zero attached hydrogens (tertiary/aromatic N) is 5. The first-order valence-electron chi connectivity index (χ1n) is 13.4. The van der Waals surface area contributed by atoms with Crippen molar-refractivity contribution >= 4 is 17.6 Å². The Morgan fingerprint density at radius 1 is 0.949 bits per heavy atom. The van der Waals surface area contributed by atoms with Gasteiger partial charge in [-0.2, -0.15) is 0 Å². The number of hydrogen-bond acceptors (Lipinski definition) is 7. The van der Waals surface area contributed by atoms with Crippen molar-refractivity contribution in [1.29, 1.82) is 0 Å². The van der Waals surface area contributed by atoms with Crippen LogP contribution in [0.3, 0.4) is 0 Å². The van der Waals surface area contributed by atoms with Crippen molar-refractivity contribution in [3.8, 4) is 22.8 Å². The predicted molar refractivity (Wildman–Crippen MR) is 151 cm³/mol. The van der Waals surface area contributed by atoms with Crippen LogP contribution in [0, 0.1) is 0 Å². The van der Waals surface area contributed by atoms with Crippen molar-refractivity contribution in [2.75, 3.05) is 51.8 Å². The summed E-state index contributed by atoms with van der Waals surface area (Å²) >= 11 is 0. The first-order chi connectivity index (χ1) is 18.9. The summed E-state index contributed by atoms with van der Waals surface area (Å²) in [5, 5.41) is 8.93. The molecule has 9 heteroatoms. The van der Waals surface area contributed by atoms with Gasteiger partial charge in [-0.25, -0.2) is 0 Å². The molecule has 1 fully saturated rings. The highest BCUT2D eigenvalue weighted by Crippen LogP contribution is 2.32. The first-order valence-corrected chi connectivity index (χ1v) is 13.4. The third-order valence-corrected chi connectivity index (χ3v) is 7.19. The van der Waals surface area contributed by atoms with Gasteiger partial charge in [-0.15, -0.1) is 10.2 Å². The summed E-state index contributed by atoms with van der Waals surface area (Å²) in [6.07, 6.45) is 1.16. The number of rotatable bonds is 9. The Morgan fingerprint density at radius 2 is 1.74 bits per heavy atom. The average Bonchev–Trinajstić information content (AvgIpc) is 3.26. The van der Waals surface area contributed by atoms with Crippen LogP contribution in [0.2, 0.25) is 0 Å². The zero-order chi connectivity index (χ0) is 27.8. The van der Waals surface area contributed by atoms with E-state index in [1.165, 1.54) is 0 Å². The Hall–Kier alpha value is -4.14. The molecular weight excluding hydrogens is 494 g/mol. The van der Waals surface area contributed by atoms with Crippen LogP contribution in [0.15, 0.2) is 60.7 Å². The van der Waals surface area contributed by atoms with Crippen molar-refractivity contribution in [2.45, 2.75) is 32.7 Å². The molecule has 0 aliphatic carbocycles. The van der Waals surface area contributed by atoms with Gasteiger partial charge in [-0.3, -0.25) is 9.59 Å². The number of ether oxygens (including phenoxy) is 2. The standard InChI is InChI=1S/C30H37N5O4/c1-5-29(36)35(22(2)23-10-7-6-8-11-23)21-30(37)34-17-9-16-33(18-19-34)28-15-14-26(31-32-28)25-13-12-24(38-3)20-27(25)39-4/h6-8,10-15,20,22H,5,9,16-19,21H2,1-4H3. The van der Waals surface area contributed by atoms with E-state index in [1.807, 2.05) is 79.4 Å². The molecule has 1 saturated heterocycles. The van der Waals surface area contributed by atoms with Gasteiger partial charge < -0.3 is 24.2 Å². The van der Waals surface area contributed by atoms with Gasteiger partial charge in [0.25, 0.3) is 0 Å². The number of anilines is 1. The summed E-state index contributed by atoms with van der Waals surface area (Å²) in [4.78, 5) is 31.8. The number of amides is 2. The number of carbonyl (C=O) groups excluding carboxylic acids is 2. The molecule has 1 aliphatic heterocycles. The van der Waals surface area contributed by atoms with Crippen LogP contribution in [-0.2, 0) is 9.59 Å². The second-order valence-electron chi connectivity index (χ2n) is 9.53. The Balaban J connectivity index is 1.40. The summed E-state index contributed by atoms with van der Waals surface area (Å²) in [5.74, 6) is 2.08. The summed E-state index contributed by atoms with van der Waals surface area (Å²) in [7, 11) is 3.23. The second-order valence-corrected chi connectivity index (χ2v) is 9.53. The molecule has 9 nitrogen and oxygen atoms in total. The number of benzene rings is 2. The fourth-order valence-electron chi connectivity index (χ4n) is 4.85. The van der Waals surface area contributed by atoms with Gasteiger partial charge in [0.1, 0.15) is 18.0 Å². The highest BCUT2D eigenvalue weighted by molar-refractivity contribution is 5.85. The van der Waals surface area contributed by atoms with Crippen LogP contribution >= 0.6 is 0 Å². The van der Waals surface area contributed by atoms with Gasteiger partial charge in [-0.05, 0) is 43.2 Å². The predicted octanol–water partition coefficient (Wildman–Crippen LogP) is 4.20. The van der Waals surface area contributed by atoms with Crippen molar-refractivity contribution in [3.63, 3.8) is 0 Å². The highest BCUT2D eigenvalue weighted by Gasteiger charge is 2.27. The molecule has 0 spiro atoms. The van der Waals surface area contributed by atoms with E-state index in [0.717, 1.165) is 29.9 Å². The van der Waals surface area contributed by atoms with Crippen LogP contribution < -0.4 is 14.4 Å². The number of methoxy groups -OCH3 is 2. The molecule has 1 aliphatic rings. The molecule has 2 aromatic carbocycles. The van der Waals surface area contributed by atoms with Crippen LogP contribution in [0.25, 0.3) is 11.3 Å². The Labute approximate surface area is 230 Å². The SMILES string of the molecule is CCC(=O)N(CC(=O)N1CCCN(c2ccc(-c3ccc(OC)cc3OC)nn2)CC1)C(C)c1ccccc1.